The van der Waals surface area contributed by atoms with Gasteiger partial charge in [-0.05, 0) is 77.8 Å². The van der Waals surface area contributed by atoms with Gasteiger partial charge in [-0.1, -0.05) is 182 Å². The third-order valence-corrected chi connectivity index (χ3v) is 12.5. The zero-order valence-corrected chi connectivity index (χ0v) is 40.2. The number of aliphatic hydroxyl groups excluding tert-OH is 1. The van der Waals surface area contributed by atoms with E-state index in [1.54, 1.807) is 11.9 Å². The summed E-state index contributed by atoms with van der Waals surface area (Å²) in [6.07, 6.45) is 38.1. The number of nitrogens with zero attached hydrogens (tertiary/aromatic N) is 2. The Balaban J connectivity index is 4.71. The van der Waals surface area contributed by atoms with Crippen LogP contribution in [0.4, 0.5) is 0 Å². The van der Waals surface area contributed by atoms with E-state index in [0.717, 1.165) is 122 Å². The zero-order valence-electron chi connectivity index (χ0n) is 40.2. The first kappa shape index (κ1) is 57.3. The minimum Gasteiger partial charge on any atom is -0.465 e. The van der Waals surface area contributed by atoms with Crippen molar-refractivity contribution in [3.63, 3.8) is 0 Å². The Hall–Kier alpha value is -1.67. The van der Waals surface area contributed by atoms with Crippen LogP contribution in [0.15, 0.2) is 0 Å². The highest BCUT2D eigenvalue weighted by molar-refractivity contribution is 5.83. The summed E-state index contributed by atoms with van der Waals surface area (Å²) in [5, 5.41) is 9.30. The molecule has 3 atom stereocenters. The molecule has 0 rings (SSSR count). The van der Waals surface area contributed by atoms with Gasteiger partial charge in [0, 0.05) is 25.6 Å². The molecule has 0 aromatic heterocycles. The molecule has 1 N–H and O–H groups in total. The maximum absolute atomic E-state index is 13.4. The topological polar surface area (TPSA) is 96.4 Å². The molecule has 1 amide bonds. The lowest BCUT2D eigenvalue weighted by molar-refractivity contribution is -0.150. The number of likely N-dealkylation sites (N-methyl/N-ethyl adjacent to an activating group) is 1. The molecule has 0 aliphatic carbocycles. The van der Waals surface area contributed by atoms with Crippen molar-refractivity contribution in [3.8, 4) is 0 Å². The molecule has 0 radical (unpaired) electrons. The fourth-order valence-corrected chi connectivity index (χ4v) is 8.41. The number of amides is 1. The second kappa shape index (κ2) is 43.0. The second-order valence-corrected chi connectivity index (χ2v) is 18.1. The minimum absolute atomic E-state index is 0.00249. The molecule has 0 aliphatic rings. The molecule has 8 heteroatoms. The van der Waals surface area contributed by atoms with Gasteiger partial charge in [-0.15, -0.1) is 0 Å². The summed E-state index contributed by atoms with van der Waals surface area (Å²) in [4.78, 5) is 43.3. The van der Waals surface area contributed by atoms with Crippen LogP contribution in [0.1, 0.15) is 246 Å². The van der Waals surface area contributed by atoms with Crippen molar-refractivity contribution in [3.05, 3.63) is 0 Å². The highest BCUT2D eigenvalue weighted by Crippen LogP contribution is 2.23. The molecule has 0 saturated heterocycles. The van der Waals surface area contributed by atoms with Crippen LogP contribution in [0.3, 0.4) is 0 Å². The van der Waals surface area contributed by atoms with Gasteiger partial charge in [-0.3, -0.25) is 14.4 Å². The molecule has 59 heavy (non-hydrogen) atoms. The van der Waals surface area contributed by atoms with Gasteiger partial charge in [0.2, 0.25) is 5.91 Å². The molecule has 0 aliphatic heterocycles. The van der Waals surface area contributed by atoms with Crippen molar-refractivity contribution in [1.82, 2.24) is 9.80 Å². The van der Waals surface area contributed by atoms with E-state index >= 15 is 0 Å². The maximum atomic E-state index is 13.4. The zero-order chi connectivity index (χ0) is 43.6. The van der Waals surface area contributed by atoms with Crippen LogP contribution >= 0.6 is 0 Å². The number of carbonyl (C=O) groups is 3. The van der Waals surface area contributed by atoms with E-state index in [-0.39, 0.29) is 42.8 Å². The Bertz CT molecular complexity index is 947. The van der Waals surface area contributed by atoms with E-state index < -0.39 is 0 Å². The molecule has 0 spiro atoms. The van der Waals surface area contributed by atoms with Gasteiger partial charge in [-0.25, -0.2) is 0 Å². The van der Waals surface area contributed by atoms with Crippen molar-refractivity contribution >= 4 is 17.8 Å². The summed E-state index contributed by atoms with van der Waals surface area (Å²) >= 11 is 0. The van der Waals surface area contributed by atoms with Crippen LogP contribution in [-0.4, -0.2) is 85.8 Å². The first-order chi connectivity index (χ1) is 28.7. The average Bonchev–Trinajstić information content (AvgIpc) is 3.23. The number of rotatable bonds is 45. The van der Waals surface area contributed by atoms with Gasteiger partial charge in [0.05, 0.1) is 19.1 Å². The van der Waals surface area contributed by atoms with Crippen LogP contribution in [0.25, 0.3) is 0 Å². The molecule has 0 heterocycles. The predicted molar refractivity (Wildman–Crippen MR) is 250 cm³/mol. The summed E-state index contributed by atoms with van der Waals surface area (Å²) in [5.74, 6) is -0.121. The Kier molecular flexibility index (Phi) is 41.8. The van der Waals surface area contributed by atoms with Crippen LogP contribution in [0, 0.1) is 11.8 Å². The van der Waals surface area contributed by atoms with Crippen LogP contribution in [0.5, 0.6) is 0 Å². The summed E-state index contributed by atoms with van der Waals surface area (Å²) in [6.45, 7) is 11.0. The lowest BCUT2D eigenvalue weighted by Crippen LogP contribution is -2.37. The number of hydrogen-bond donors (Lipinski definition) is 1. The van der Waals surface area contributed by atoms with Crippen molar-refractivity contribution in [2.24, 2.45) is 11.8 Å². The second-order valence-electron chi connectivity index (χ2n) is 18.1. The van der Waals surface area contributed by atoms with E-state index in [1.807, 2.05) is 0 Å². The van der Waals surface area contributed by atoms with E-state index in [2.05, 4.69) is 39.6 Å². The predicted octanol–water partition coefficient (Wildman–Crippen LogP) is 13.4. The van der Waals surface area contributed by atoms with Gasteiger partial charge in [0.15, 0.2) is 0 Å². The quantitative estimate of drug-likeness (QED) is 0.0482. The smallest absolute Gasteiger partial charge is 0.325 e. The minimum atomic E-state index is -0.314. The summed E-state index contributed by atoms with van der Waals surface area (Å²) < 4.78 is 11.5. The van der Waals surface area contributed by atoms with Crippen LogP contribution in [-0.2, 0) is 23.9 Å². The molecular weight excluding hydrogens is 737 g/mol. The molecule has 8 nitrogen and oxygen atoms in total. The molecule has 0 aromatic carbocycles. The van der Waals surface area contributed by atoms with E-state index in [9.17, 15) is 19.5 Å². The van der Waals surface area contributed by atoms with Gasteiger partial charge >= 0.3 is 11.9 Å². The number of carbonyl (C=O) groups excluding carboxylic acids is 3. The first-order valence-corrected chi connectivity index (χ1v) is 25.6. The SMILES string of the molecule is CCCCCCCCC(CCCCCC)C(=O)OCCCCCC(CCCCCO)N(C)CCCCOC(=O)CN(C)C(=O)C(CCCCCC)CCCCCCCC. The largest absolute Gasteiger partial charge is 0.465 e. The lowest BCUT2D eigenvalue weighted by atomic mass is 9.93. The molecular formula is C51H100N2O6. The van der Waals surface area contributed by atoms with Crippen molar-refractivity contribution in [1.29, 1.82) is 0 Å². The Morgan fingerprint density at radius 2 is 0.847 bits per heavy atom. The number of unbranched alkanes of at least 4 members (excludes halogenated alkanes) is 21. The highest BCUT2D eigenvalue weighted by atomic mass is 16.5. The fraction of sp³-hybridized carbons (Fsp3) is 0.941. The fourth-order valence-electron chi connectivity index (χ4n) is 8.41. The van der Waals surface area contributed by atoms with Crippen molar-refractivity contribution in [2.75, 3.05) is 47.0 Å². The third-order valence-electron chi connectivity index (χ3n) is 12.5. The number of ether oxygens (including phenoxy) is 2. The molecule has 0 aromatic rings. The Morgan fingerprint density at radius 1 is 0.458 bits per heavy atom. The molecule has 0 saturated carbocycles. The van der Waals surface area contributed by atoms with Gasteiger partial charge in [0.25, 0.3) is 0 Å². The first-order valence-electron chi connectivity index (χ1n) is 25.6. The number of esters is 2. The van der Waals surface area contributed by atoms with Crippen LogP contribution in [0.2, 0.25) is 0 Å². The van der Waals surface area contributed by atoms with Gasteiger partial charge < -0.3 is 24.4 Å². The third kappa shape index (κ3) is 34.6. The maximum Gasteiger partial charge on any atom is 0.325 e. The molecule has 3 unspecified atom stereocenters. The van der Waals surface area contributed by atoms with Gasteiger partial charge in [-0.2, -0.15) is 0 Å². The molecule has 0 bridgehead atoms. The normalized spacial score (nSPS) is 13.1. The lowest BCUT2D eigenvalue weighted by Gasteiger charge is -2.28. The number of aliphatic hydroxyl groups is 1. The summed E-state index contributed by atoms with van der Waals surface area (Å²) in [7, 11) is 3.97. The van der Waals surface area contributed by atoms with E-state index in [1.165, 1.54) is 103 Å². The molecule has 350 valence electrons. The van der Waals surface area contributed by atoms with E-state index in [4.69, 9.17) is 9.47 Å². The van der Waals surface area contributed by atoms with Gasteiger partial charge in [0.1, 0.15) is 6.54 Å². The van der Waals surface area contributed by atoms with Crippen molar-refractivity contribution in [2.45, 2.75) is 252 Å². The Morgan fingerprint density at radius 3 is 1.36 bits per heavy atom. The standard InChI is InChI=1S/C51H100N2O6/c1-7-11-15-19-21-27-36-46(35-25-17-13-9-3)50(56)53(6)45-49(55)58-43-34-31-41-52(5)48(39-29-23-32-42-54)40-30-24-33-44-59-51(57)47(37-26-18-14-10-4)38-28-22-20-16-12-8-2/h46-48,54H,7-45H2,1-6H3. The molecule has 0 fully saturated rings. The monoisotopic (exact) mass is 837 g/mol. The van der Waals surface area contributed by atoms with E-state index in [0.29, 0.717) is 19.3 Å². The number of hydrogen-bond acceptors (Lipinski definition) is 7. The summed E-state index contributed by atoms with van der Waals surface area (Å²) in [5.41, 5.74) is 0. The Labute approximate surface area is 366 Å². The van der Waals surface area contributed by atoms with Crippen LogP contribution < -0.4 is 0 Å². The summed E-state index contributed by atoms with van der Waals surface area (Å²) in [6, 6.07) is 0.467. The highest BCUT2D eigenvalue weighted by Gasteiger charge is 2.24. The average molecular weight is 837 g/mol. The van der Waals surface area contributed by atoms with Crippen molar-refractivity contribution < 1.29 is 29.0 Å².